The third-order valence-electron chi connectivity index (χ3n) is 2.62. The fourth-order valence-corrected chi connectivity index (χ4v) is 1.91. The lowest BCUT2D eigenvalue weighted by molar-refractivity contribution is 0.332. The molecule has 1 aliphatic heterocycles. The van der Waals surface area contributed by atoms with Crippen LogP contribution in [0.1, 0.15) is 17.5 Å². The molecule has 1 N–H and O–H groups in total. The smallest absolute Gasteiger partial charge is 0.115 e. The summed E-state index contributed by atoms with van der Waals surface area (Å²) in [7, 11) is 2.14. The molecule has 13 heavy (non-hydrogen) atoms. The molecule has 1 aromatic carbocycles. The number of aromatic hydroxyl groups is 1. The van der Waals surface area contributed by atoms with Crippen LogP contribution in [-0.4, -0.2) is 23.6 Å². The number of phenolic OH excluding ortho intramolecular Hbond substituents is 1. The van der Waals surface area contributed by atoms with Crippen molar-refractivity contribution < 1.29 is 5.11 Å². The van der Waals surface area contributed by atoms with Crippen LogP contribution in [0.2, 0.25) is 0 Å². The highest BCUT2D eigenvalue weighted by atomic mass is 16.3. The quantitative estimate of drug-likeness (QED) is 0.653. The van der Waals surface area contributed by atoms with Crippen LogP contribution >= 0.6 is 0 Å². The molecule has 0 unspecified atom stereocenters. The van der Waals surface area contributed by atoms with Crippen LogP contribution in [-0.2, 0) is 13.0 Å². The Morgan fingerprint density at radius 2 is 2.15 bits per heavy atom. The van der Waals surface area contributed by atoms with E-state index in [-0.39, 0.29) is 0 Å². The van der Waals surface area contributed by atoms with Crippen molar-refractivity contribution in [2.24, 2.45) is 0 Å². The molecule has 0 spiro atoms. The zero-order chi connectivity index (χ0) is 9.26. The van der Waals surface area contributed by atoms with Gasteiger partial charge in [0.2, 0.25) is 0 Å². The van der Waals surface area contributed by atoms with Gasteiger partial charge in [-0.15, -0.1) is 0 Å². The van der Waals surface area contributed by atoms with Crippen LogP contribution in [0, 0.1) is 0 Å². The van der Waals surface area contributed by atoms with E-state index in [1.807, 2.05) is 12.1 Å². The molecule has 0 saturated heterocycles. The SMILES string of the molecule is CN1CCCc2cc(O)ccc2C1. The first-order valence-corrected chi connectivity index (χ1v) is 4.75. The lowest BCUT2D eigenvalue weighted by Crippen LogP contribution is -2.16. The van der Waals surface area contributed by atoms with Crippen molar-refractivity contribution >= 4 is 0 Å². The monoisotopic (exact) mass is 177 g/mol. The largest absolute Gasteiger partial charge is 0.508 e. The maximum Gasteiger partial charge on any atom is 0.115 e. The Hall–Kier alpha value is -1.02. The zero-order valence-electron chi connectivity index (χ0n) is 7.95. The fraction of sp³-hybridized carbons (Fsp3) is 0.455. The molecule has 70 valence electrons. The van der Waals surface area contributed by atoms with E-state index < -0.39 is 0 Å². The Balaban J connectivity index is 2.34. The number of hydrogen-bond acceptors (Lipinski definition) is 2. The van der Waals surface area contributed by atoms with E-state index in [0.29, 0.717) is 5.75 Å². The van der Waals surface area contributed by atoms with Crippen molar-refractivity contribution in [2.75, 3.05) is 13.6 Å². The second-order valence-corrected chi connectivity index (χ2v) is 3.79. The van der Waals surface area contributed by atoms with Gasteiger partial charge in [-0.1, -0.05) is 6.07 Å². The van der Waals surface area contributed by atoms with Crippen molar-refractivity contribution in [3.8, 4) is 5.75 Å². The number of aryl methyl sites for hydroxylation is 1. The minimum Gasteiger partial charge on any atom is -0.508 e. The average Bonchev–Trinajstić information content (AvgIpc) is 2.25. The molecule has 1 aromatic rings. The van der Waals surface area contributed by atoms with Crippen LogP contribution in [0.25, 0.3) is 0 Å². The van der Waals surface area contributed by atoms with Gasteiger partial charge >= 0.3 is 0 Å². The molecule has 1 aliphatic rings. The summed E-state index contributed by atoms with van der Waals surface area (Å²) in [5.41, 5.74) is 2.67. The molecule has 0 amide bonds. The van der Waals surface area contributed by atoms with Crippen LogP contribution in [0.15, 0.2) is 18.2 Å². The van der Waals surface area contributed by atoms with Gasteiger partial charge in [0.15, 0.2) is 0 Å². The summed E-state index contributed by atoms with van der Waals surface area (Å²) in [5.74, 6) is 0.392. The third-order valence-corrected chi connectivity index (χ3v) is 2.62. The Morgan fingerprint density at radius 1 is 1.31 bits per heavy atom. The zero-order valence-corrected chi connectivity index (χ0v) is 7.95. The number of benzene rings is 1. The summed E-state index contributed by atoms with van der Waals surface area (Å²) in [5, 5.41) is 9.33. The molecule has 2 heteroatoms. The predicted octanol–water partition coefficient (Wildman–Crippen LogP) is 1.77. The molecule has 0 radical (unpaired) electrons. The van der Waals surface area contributed by atoms with Gasteiger partial charge < -0.3 is 10.0 Å². The molecule has 1 heterocycles. The first kappa shape index (κ1) is 8.57. The predicted molar refractivity (Wildman–Crippen MR) is 52.8 cm³/mol. The van der Waals surface area contributed by atoms with Crippen molar-refractivity contribution in [3.63, 3.8) is 0 Å². The topological polar surface area (TPSA) is 23.5 Å². The highest BCUT2D eigenvalue weighted by molar-refractivity contribution is 5.35. The molecule has 0 bridgehead atoms. The number of nitrogens with zero attached hydrogens (tertiary/aromatic N) is 1. The van der Waals surface area contributed by atoms with E-state index in [0.717, 1.165) is 19.5 Å². The molecule has 2 nitrogen and oxygen atoms in total. The Morgan fingerprint density at radius 3 is 3.00 bits per heavy atom. The van der Waals surface area contributed by atoms with Gasteiger partial charge in [-0.05, 0) is 49.7 Å². The number of hydrogen-bond donors (Lipinski definition) is 1. The maximum absolute atomic E-state index is 9.33. The van der Waals surface area contributed by atoms with E-state index >= 15 is 0 Å². The van der Waals surface area contributed by atoms with Crippen LogP contribution in [0.3, 0.4) is 0 Å². The summed E-state index contributed by atoms with van der Waals surface area (Å²) in [4.78, 5) is 2.32. The lowest BCUT2D eigenvalue weighted by atomic mass is 10.0. The minimum absolute atomic E-state index is 0.392. The molecule has 0 saturated carbocycles. The second-order valence-electron chi connectivity index (χ2n) is 3.79. The molecule has 0 fully saturated rings. The van der Waals surface area contributed by atoms with Crippen LogP contribution in [0.5, 0.6) is 5.75 Å². The summed E-state index contributed by atoms with van der Waals surface area (Å²) >= 11 is 0. The molecule has 2 rings (SSSR count). The number of fused-ring (bicyclic) bond motifs is 1. The van der Waals surface area contributed by atoms with Crippen LogP contribution in [0.4, 0.5) is 0 Å². The van der Waals surface area contributed by atoms with Gasteiger partial charge in [-0.2, -0.15) is 0 Å². The molecule has 0 aromatic heterocycles. The van der Waals surface area contributed by atoms with E-state index in [1.165, 1.54) is 17.5 Å². The van der Waals surface area contributed by atoms with E-state index in [9.17, 15) is 5.11 Å². The first-order chi connectivity index (χ1) is 6.25. The third kappa shape index (κ3) is 1.83. The van der Waals surface area contributed by atoms with Gasteiger partial charge in [-0.3, -0.25) is 0 Å². The fourth-order valence-electron chi connectivity index (χ4n) is 1.91. The van der Waals surface area contributed by atoms with E-state index in [1.54, 1.807) is 6.07 Å². The average molecular weight is 177 g/mol. The highest BCUT2D eigenvalue weighted by Gasteiger charge is 2.10. The van der Waals surface area contributed by atoms with Gasteiger partial charge in [-0.25, -0.2) is 0 Å². The lowest BCUT2D eigenvalue weighted by Gasteiger charge is -2.13. The standard InChI is InChI=1S/C11H15NO/c1-12-6-2-3-9-7-11(13)5-4-10(9)8-12/h4-5,7,13H,2-3,6,8H2,1H3. The van der Waals surface area contributed by atoms with Crippen molar-refractivity contribution in [1.29, 1.82) is 0 Å². The van der Waals surface area contributed by atoms with Crippen molar-refractivity contribution in [1.82, 2.24) is 4.90 Å². The molecular weight excluding hydrogens is 162 g/mol. The summed E-state index contributed by atoms with van der Waals surface area (Å²) in [6.45, 7) is 2.16. The molecular formula is C11H15NO. The van der Waals surface area contributed by atoms with Crippen LogP contribution < -0.4 is 0 Å². The first-order valence-electron chi connectivity index (χ1n) is 4.75. The maximum atomic E-state index is 9.33. The number of rotatable bonds is 0. The van der Waals surface area contributed by atoms with Crippen molar-refractivity contribution in [2.45, 2.75) is 19.4 Å². The second kappa shape index (κ2) is 3.38. The Kier molecular flexibility index (Phi) is 2.23. The van der Waals surface area contributed by atoms with Gasteiger partial charge in [0, 0.05) is 6.54 Å². The molecule has 0 atom stereocenters. The van der Waals surface area contributed by atoms with E-state index in [2.05, 4.69) is 11.9 Å². The Bertz CT molecular complexity index is 309. The van der Waals surface area contributed by atoms with Gasteiger partial charge in [0.1, 0.15) is 5.75 Å². The van der Waals surface area contributed by atoms with E-state index in [4.69, 9.17) is 0 Å². The summed E-state index contributed by atoms with van der Waals surface area (Å²) in [6.07, 6.45) is 2.28. The van der Waals surface area contributed by atoms with Gasteiger partial charge in [0.25, 0.3) is 0 Å². The summed E-state index contributed by atoms with van der Waals surface area (Å²) in [6, 6.07) is 5.71. The van der Waals surface area contributed by atoms with Crippen molar-refractivity contribution in [3.05, 3.63) is 29.3 Å². The number of phenols is 1. The minimum atomic E-state index is 0.392. The highest BCUT2D eigenvalue weighted by Crippen LogP contribution is 2.21. The normalized spacial score (nSPS) is 17.9. The summed E-state index contributed by atoms with van der Waals surface area (Å²) < 4.78 is 0. The Labute approximate surface area is 78.8 Å². The molecule has 0 aliphatic carbocycles. The van der Waals surface area contributed by atoms with Gasteiger partial charge in [0.05, 0.1) is 0 Å².